The van der Waals surface area contributed by atoms with E-state index in [0.717, 1.165) is 24.6 Å². The van der Waals surface area contributed by atoms with Gasteiger partial charge in [-0.3, -0.25) is 14.4 Å². The van der Waals surface area contributed by atoms with Crippen molar-refractivity contribution in [3.8, 4) is 5.75 Å². The van der Waals surface area contributed by atoms with Gasteiger partial charge in [-0.25, -0.2) is 0 Å². The number of alkyl halides is 6. The Morgan fingerprint density at radius 1 is 1.00 bits per heavy atom. The molecule has 0 bridgehead atoms. The maximum atomic E-state index is 14.7. The van der Waals surface area contributed by atoms with Crippen molar-refractivity contribution in [2.24, 2.45) is 0 Å². The van der Waals surface area contributed by atoms with Crippen LogP contribution >= 0.6 is 0 Å². The number of benzene rings is 2. The van der Waals surface area contributed by atoms with Crippen LogP contribution in [0.1, 0.15) is 42.9 Å². The number of halogens is 6. The molecule has 0 saturated carbocycles. The molecular weight excluding hydrogens is 518 g/mol. The zero-order valence-electron chi connectivity index (χ0n) is 20.3. The highest BCUT2D eigenvalue weighted by Crippen LogP contribution is 2.48. The SMILES string of the molecule is CC(=O)C(=O)NC1=C(c2ccc(C)cc2)CC(c2ccc(OCCCC(F)(F)F)cc2)(C(F)(F)F)NC1=O. The van der Waals surface area contributed by atoms with Crippen LogP contribution in [0.3, 0.4) is 0 Å². The highest BCUT2D eigenvalue weighted by Gasteiger charge is 2.59. The zero-order valence-corrected chi connectivity index (χ0v) is 20.3. The van der Waals surface area contributed by atoms with E-state index in [2.05, 4.69) is 5.32 Å². The summed E-state index contributed by atoms with van der Waals surface area (Å²) in [6, 6.07) is 10.7. The molecule has 1 aliphatic rings. The van der Waals surface area contributed by atoms with Gasteiger partial charge in [0.25, 0.3) is 11.8 Å². The minimum atomic E-state index is -5.01. The van der Waals surface area contributed by atoms with Gasteiger partial charge in [0.2, 0.25) is 5.78 Å². The highest BCUT2D eigenvalue weighted by molar-refractivity contribution is 6.36. The summed E-state index contributed by atoms with van der Waals surface area (Å²) in [5.41, 5.74) is -2.84. The van der Waals surface area contributed by atoms with Crippen molar-refractivity contribution < 1.29 is 45.5 Å². The van der Waals surface area contributed by atoms with Gasteiger partial charge in [-0.1, -0.05) is 42.0 Å². The maximum absolute atomic E-state index is 14.7. The second kappa shape index (κ2) is 10.9. The fraction of sp³-hybridized carbons (Fsp3) is 0.346. The van der Waals surface area contributed by atoms with Gasteiger partial charge in [-0.05, 0) is 42.2 Å². The molecule has 0 aromatic heterocycles. The van der Waals surface area contributed by atoms with Crippen LogP contribution < -0.4 is 15.4 Å². The molecule has 0 fully saturated rings. The Balaban J connectivity index is 2.00. The normalized spacial score (nSPS) is 18.2. The van der Waals surface area contributed by atoms with E-state index in [1.54, 1.807) is 19.1 Å². The molecule has 1 aliphatic heterocycles. The summed E-state index contributed by atoms with van der Waals surface area (Å²) < 4.78 is 86.1. The van der Waals surface area contributed by atoms with Gasteiger partial charge in [0.1, 0.15) is 11.4 Å². The first kappa shape index (κ1) is 28.7. The predicted molar refractivity (Wildman–Crippen MR) is 125 cm³/mol. The number of amides is 2. The molecule has 2 N–H and O–H groups in total. The van der Waals surface area contributed by atoms with Crippen LogP contribution in [-0.4, -0.2) is 36.6 Å². The van der Waals surface area contributed by atoms with Crippen LogP contribution in [0.5, 0.6) is 5.75 Å². The average molecular weight is 542 g/mol. The minimum absolute atomic E-state index is 0.0547. The van der Waals surface area contributed by atoms with E-state index in [1.165, 1.54) is 24.3 Å². The van der Waals surface area contributed by atoms with E-state index in [1.807, 2.05) is 5.32 Å². The van der Waals surface area contributed by atoms with Crippen LogP contribution in [0, 0.1) is 6.92 Å². The second-order valence-corrected chi connectivity index (χ2v) is 8.86. The summed E-state index contributed by atoms with van der Waals surface area (Å²) in [7, 11) is 0. The molecule has 2 aromatic rings. The molecule has 0 aliphatic carbocycles. The quantitative estimate of drug-likeness (QED) is 0.276. The van der Waals surface area contributed by atoms with Crippen molar-refractivity contribution in [1.29, 1.82) is 0 Å². The van der Waals surface area contributed by atoms with Crippen molar-refractivity contribution in [2.45, 2.75) is 51.0 Å². The van der Waals surface area contributed by atoms with Crippen molar-refractivity contribution in [3.05, 3.63) is 70.9 Å². The number of hydrogen-bond donors (Lipinski definition) is 2. The van der Waals surface area contributed by atoms with Gasteiger partial charge in [0.05, 0.1) is 6.61 Å². The van der Waals surface area contributed by atoms with Crippen LogP contribution in [0.15, 0.2) is 54.2 Å². The Labute approximate surface area is 214 Å². The molecule has 1 atom stereocenters. The van der Waals surface area contributed by atoms with Gasteiger partial charge in [-0.2, -0.15) is 26.3 Å². The number of hydrogen-bond acceptors (Lipinski definition) is 4. The number of aryl methyl sites for hydroxylation is 1. The topological polar surface area (TPSA) is 84.5 Å². The van der Waals surface area contributed by atoms with Gasteiger partial charge in [0, 0.05) is 19.8 Å². The van der Waals surface area contributed by atoms with E-state index >= 15 is 0 Å². The summed E-state index contributed by atoms with van der Waals surface area (Å²) in [5, 5.41) is 4.10. The van der Waals surface area contributed by atoms with Crippen LogP contribution in [0.2, 0.25) is 0 Å². The molecular formula is C26H24F6N2O4. The molecule has 6 nitrogen and oxygen atoms in total. The number of Topliss-reactive ketones (excluding diaryl/α,β-unsaturated/α-hetero) is 1. The predicted octanol–water partition coefficient (Wildman–Crippen LogP) is 5.11. The summed E-state index contributed by atoms with van der Waals surface area (Å²) >= 11 is 0. The molecule has 2 amide bonds. The van der Waals surface area contributed by atoms with Gasteiger partial charge in [0.15, 0.2) is 5.54 Å². The van der Waals surface area contributed by atoms with Crippen LogP contribution in [0.25, 0.3) is 5.57 Å². The summed E-state index contributed by atoms with van der Waals surface area (Å²) in [6.07, 6.45) is -11.6. The molecule has 3 rings (SSSR count). The minimum Gasteiger partial charge on any atom is -0.494 e. The first-order valence-corrected chi connectivity index (χ1v) is 11.4. The van der Waals surface area contributed by atoms with E-state index < -0.39 is 54.0 Å². The second-order valence-electron chi connectivity index (χ2n) is 8.86. The third-order valence-electron chi connectivity index (χ3n) is 5.96. The summed E-state index contributed by atoms with van der Waals surface area (Å²) in [5.74, 6) is -3.29. The zero-order chi connectivity index (χ0) is 28.3. The molecule has 12 heteroatoms. The molecule has 0 saturated heterocycles. The molecule has 204 valence electrons. The lowest BCUT2D eigenvalue weighted by Gasteiger charge is -2.41. The molecule has 0 radical (unpaired) electrons. The fourth-order valence-corrected chi connectivity index (χ4v) is 3.93. The van der Waals surface area contributed by atoms with E-state index in [0.29, 0.717) is 0 Å². The van der Waals surface area contributed by atoms with Crippen molar-refractivity contribution in [2.75, 3.05) is 6.61 Å². The monoisotopic (exact) mass is 542 g/mol. The van der Waals surface area contributed by atoms with E-state index in [4.69, 9.17) is 4.74 Å². The number of ether oxygens (including phenoxy) is 1. The fourth-order valence-electron chi connectivity index (χ4n) is 3.93. The summed E-state index contributed by atoms with van der Waals surface area (Å²) in [6.45, 7) is 2.42. The van der Waals surface area contributed by atoms with Crippen molar-refractivity contribution >= 4 is 23.2 Å². The van der Waals surface area contributed by atoms with E-state index in [-0.39, 0.29) is 35.5 Å². The molecule has 2 aromatic carbocycles. The maximum Gasteiger partial charge on any atom is 0.416 e. The lowest BCUT2D eigenvalue weighted by atomic mass is 9.77. The molecule has 1 unspecified atom stereocenters. The third-order valence-corrected chi connectivity index (χ3v) is 5.96. The third kappa shape index (κ3) is 6.53. The number of ketones is 1. The number of carbonyl (C=O) groups is 3. The lowest BCUT2D eigenvalue weighted by Crippen LogP contribution is -2.60. The molecule has 0 spiro atoms. The standard InChI is InChI=1S/C26H24F6N2O4/c1-15-4-6-17(7-5-15)20-14-24(26(30,31)32,34-23(37)21(20)33-22(36)16(2)35)18-8-10-19(11-9-18)38-13-3-12-25(27,28)29/h4-11H,3,12-14H2,1-2H3,(H,33,36)(H,34,37). The van der Waals surface area contributed by atoms with Crippen molar-refractivity contribution in [3.63, 3.8) is 0 Å². The summed E-state index contributed by atoms with van der Waals surface area (Å²) in [4.78, 5) is 36.6. The Kier molecular flexibility index (Phi) is 8.23. The number of nitrogens with one attached hydrogen (secondary N) is 2. The first-order valence-electron chi connectivity index (χ1n) is 11.4. The average Bonchev–Trinajstić information content (AvgIpc) is 2.82. The Hall–Kier alpha value is -3.83. The van der Waals surface area contributed by atoms with Gasteiger partial charge >= 0.3 is 12.4 Å². The van der Waals surface area contributed by atoms with Crippen molar-refractivity contribution in [1.82, 2.24) is 10.6 Å². The van der Waals surface area contributed by atoms with Gasteiger partial charge in [-0.15, -0.1) is 0 Å². The Bertz CT molecular complexity index is 1230. The van der Waals surface area contributed by atoms with Gasteiger partial charge < -0.3 is 15.4 Å². The van der Waals surface area contributed by atoms with Crippen LogP contribution in [-0.2, 0) is 19.9 Å². The Morgan fingerprint density at radius 3 is 2.13 bits per heavy atom. The van der Waals surface area contributed by atoms with Crippen LogP contribution in [0.4, 0.5) is 26.3 Å². The number of rotatable bonds is 8. The first-order chi connectivity index (χ1) is 17.6. The lowest BCUT2D eigenvalue weighted by molar-refractivity contribution is -0.202. The smallest absolute Gasteiger partial charge is 0.416 e. The number of carbonyl (C=O) groups excluding carboxylic acids is 3. The van der Waals surface area contributed by atoms with E-state index in [9.17, 15) is 40.7 Å². The highest BCUT2D eigenvalue weighted by atomic mass is 19.4. The largest absolute Gasteiger partial charge is 0.494 e. The molecule has 38 heavy (non-hydrogen) atoms. The Morgan fingerprint density at radius 2 is 1.61 bits per heavy atom. The molecule has 1 heterocycles.